The van der Waals surface area contributed by atoms with E-state index in [-0.39, 0.29) is 0 Å². The second-order valence-corrected chi connectivity index (χ2v) is 5.73. The first-order valence-corrected chi connectivity index (χ1v) is 7.80. The molecule has 5 heteroatoms. The second-order valence-electron chi connectivity index (χ2n) is 5.73. The summed E-state index contributed by atoms with van der Waals surface area (Å²) in [6.45, 7) is 2.80. The summed E-state index contributed by atoms with van der Waals surface area (Å²) in [4.78, 5) is 8.81. The van der Waals surface area contributed by atoms with E-state index in [9.17, 15) is 0 Å². The van der Waals surface area contributed by atoms with E-state index in [2.05, 4.69) is 22.0 Å². The van der Waals surface area contributed by atoms with Gasteiger partial charge in [0.1, 0.15) is 0 Å². The SMILES string of the molecule is CCc1cnccc1-c1noc(C2CCCCC2CN)n1. The molecule has 0 aliphatic heterocycles. The number of nitrogens with two attached hydrogens (primary N) is 1. The molecule has 2 aromatic rings. The second kappa shape index (κ2) is 6.35. The third-order valence-corrected chi connectivity index (χ3v) is 4.50. The maximum atomic E-state index is 5.90. The van der Waals surface area contributed by atoms with Gasteiger partial charge in [0, 0.05) is 23.9 Å². The van der Waals surface area contributed by atoms with Crippen LogP contribution in [0.15, 0.2) is 23.0 Å². The van der Waals surface area contributed by atoms with Crippen LogP contribution < -0.4 is 5.73 Å². The van der Waals surface area contributed by atoms with Gasteiger partial charge in [-0.25, -0.2) is 0 Å². The highest BCUT2D eigenvalue weighted by atomic mass is 16.5. The van der Waals surface area contributed by atoms with Crippen LogP contribution in [0.4, 0.5) is 0 Å². The lowest BCUT2D eigenvalue weighted by Gasteiger charge is -2.27. The Balaban J connectivity index is 1.89. The molecule has 112 valence electrons. The predicted octanol–water partition coefficient (Wildman–Crippen LogP) is 2.93. The van der Waals surface area contributed by atoms with E-state index in [0.717, 1.165) is 36.3 Å². The molecule has 2 atom stereocenters. The van der Waals surface area contributed by atoms with Crippen LogP contribution in [0, 0.1) is 5.92 Å². The molecule has 21 heavy (non-hydrogen) atoms. The number of nitrogens with zero attached hydrogens (tertiary/aromatic N) is 3. The molecule has 1 fully saturated rings. The zero-order chi connectivity index (χ0) is 14.7. The fourth-order valence-electron chi connectivity index (χ4n) is 3.24. The lowest BCUT2D eigenvalue weighted by molar-refractivity contribution is 0.249. The van der Waals surface area contributed by atoms with Gasteiger partial charge in [-0.2, -0.15) is 4.98 Å². The average Bonchev–Trinajstić information content (AvgIpc) is 3.04. The molecule has 0 amide bonds. The van der Waals surface area contributed by atoms with Gasteiger partial charge in [0.2, 0.25) is 11.7 Å². The van der Waals surface area contributed by atoms with Crippen LogP contribution in [0.1, 0.15) is 50.0 Å². The number of aromatic nitrogens is 3. The summed E-state index contributed by atoms with van der Waals surface area (Å²) in [6, 6.07) is 1.95. The Morgan fingerprint density at radius 3 is 3.00 bits per heavy atom. The van der Waals surface area contributed by atoms with E-state index < -0.39 is 0 Å². The smallest absolute Gasteiger partial charge is 0.230 e. The molecule has 0 spiro atoms. The van der Waals surface area contributed by atoms with Gasteiger partial charge in [0.05, 0.1) is 0 Å². The van der Waals surface area contributed by atoms with Gasteiger partial charge in [0.15, 0.2) is 0 Å². The topological polar surface area (TPSA) is 77.8 Å². The van der Waals surface area contributed by atoms with Gasteiger partial charge in [0.25, 0.3) is 0 Å². The zero-order valence-corrected chi connectivity index (χ0v) is 12.5. The number of aryl methyl sites for hydroxylation is 1. The van der Waals surface area contributed by atoms with Crippen LogP contribution in [0.5, 0.6) is 0 Å². The highest BCUT2D eigenvalue weighted by Gasteiger charge is 2.30. The van der Waals surface area contributed by atoms with Gasteiger partial charge in [-0.1, -0.05) is 24.9 Å². The van der Waals surface area contributed by atoms with Crippen LogP contribution in [-0.2, 0) is 6.42 Å². The number of rotatable bonds is 4. The zero-order valence-electron chi connectivity index (χ0n) is 12.5. The summed E-state index contributed by atoms with van der Waals surface area (Å²) < 4.78 is 5.55. The molecular formula is C16H22N4O. The molecule has 0 saturated heterocycles. The highest BCUT2D eigenvalue weighted by molar-refractivity contribution is 5.58. The number of pyridine rings is 1. The van der Waals surface area contributed by atoms with Gasteiger partial charge >= 0.3 is 0 Å². The quantitative estimate of drug-likeness (QED) is 0.935. The fourth-order valence-corrected chi connectivity index (χ4v) is 3.24. The highest BCUT2D eigenvalue weighted by Crippen LogP contribution is 2.37. The fraction of sp³-hybridized carbons (Fsp3) is 0.562. The molecule has 2 unspecified atom stereocenters. The van der Waals surface area contributed by atoms with E-state index in [1.54, 1.807) is 6.20 Å². The minimum Gasteiger partial charge on any atom is -0.339 e. The Labute approximate surface area is 125 Å². The molecule has 1 aliphatic rings. The van der Waals surface area contributed by atoms with Crippen molar-refractivity contribution in [1.82, 2.24) is 15.1 Å². The predicted molar refractivity (Wildman–Crippen MR) is 80.7 cm³/mol. The number of hydrogen-bond donors (Lipinski definition) is 1. The normalized spacial score (nSPS) is 22.4. The molecule has 1 saturated carbocycles. The lowest BCUT2D eigenvalue weighted by atomic mass is 9.79. The van der Waals surface area contributed by atoms with E-state index in [4.69, 9.17) is 10.3 Å². The Morgan fingerprint density at radius 2 is 2.19 bits per heavy atom. The molecule has 2 aromatic heterocycles. The van der Waals surface area contributed by atoms with E-state index in [1.165, 1.54) is 12.8 Å². The van der Waals surface area contributed by atoms with Crippen molar-refractivity contribution in [3.63, 3.8) is 0 Å². The molecule has 3 rings (SSSR count). The third kappa shape index (κ3) is 2.83. The largest absolute Gasteiger partial charge is 0.339 e. The van der Waals surface area contributed by atoms with Gasteiger partial charge in [-0.05, 0) is 43.4 Å². The average molecular weight is 286 g/mol. The third-order valence-electron chi connectivity index (χ3n) is 4.50. The molecule has 0 aromatic carbocycles. The summed E-state index contributed by atoms with van der Waals surface area (Å²) in [5, 5.41) is 4.18. The molecule has 0 radical (unpaired) electrons. The van der Waals surface area contributed by atoms with E-state index in [0.29, 0.717) is 24.2 Å². The summed E-state index contributed by atoms with van der Waals surface area (Å²) in [7, 11) is 0. The van der Waals surface area contributed by atoms with Crippen molar-refractivity contribution in [3.05, 3.63) is 29.9 Å². The Hall–Kier alpha value is -1.75. The van der Waals surface area contributed by atoms with Gasteiger partial charge in [-0.3, -0.25) is 4.98 Å². The van der Waals surface area contributed by atoms with Crippen molar-refractivity contribution < 1.29 is 4.52 Å². The van der Waals surface area contributed by atoms with E-state index in [1.807, 2.05) is 12.3 Å². The van der Waals surface area contributed by atoms with Crippen LogP contribution in [0.3, 0.4) is 0 Å². The maximum absolute atomic E-state index is 5.90. The standard InChI is InChI=1S/C16H22N4O/c1-2-11-10-18-8-7-13(11)15-19-16(21-20-15)14-6-4-3-5-12(14)9-17/h7-8,10,12,14H,2-6,9,17H2,1H3. The van der Waals surface area contributed by atoms with Crippen LogP contribution in [0.25, 0.3) is 11.4 Å². The van der Waals surface area contributed by atoms with Crippen LogP contribution in [-0.4, -0.2) is 21.7 Å². The van der Waals surface area contributed by atoms with Crippen molar-refractivity contribution in [1.29, 1.82) is 0 Å². The van der Waals surface area contributed by atoms with Crippen molar-refractivity contribution in [2.24, 2.45) is 11.7 Å². The first-order chi connectivity index (χ1) is 10.3. The van der Waals surface area contributed by atoms with Crippen molar-refractivity contribution in [3.8, 4) is 11.4 Å². The molecule has 5 nitrogen and oxygen atoms in total. The van der Waals surface area contributed by atoms with Crippen molar-refractivity contribution >= 4 is 0 Å². The van der Waals surface area contributed by atoms with Crippen LogP contribution >= 0.6 is 0 Å². The molecule has 2 heterocycles. The van der Waals surface area contributed by atoms with Crippen LogP contribution in [0.2, 0.25) is 0 Å². The first-order valence-electron chi connectivity index (χ1n) is 7.80. The molecular weight excluding hydrogens is 264 g/mol. The molecule has 2 N–H and O–H groups in total. The lowest BCUT2D eigenvalue weighted by Crippen LogP contribution is -2.25. The first kappa shape index (κ1) is 14.2. The minimum absolute atomic E-state index is 0.317. The van der Waals surface area contributed by atoms with Crippen molar-refractivity contribution in [2.45, 2.75) is 44.9 Å². The van der Waals surface area contributed by atoms with Gasteiger partial charge in [-0.15, -0.1) is 0 Å². The maximum Gasteiger partial charge on any atom is 0.230 e. The molecule has 1 aliphatic carbocycles. The summed E-state index contributed by atoms with van der Waals surface area (Å²) >= 11 is 0. The minimum atomic E-state index is 0.317. The van der Waals surface area contributed by atoms with Crippen molar-refractivity contribution in [2.75, 3.05) is 6.54 Å². The summed E-state index contributed by atoms with van der Waals surface area (Å²) in [6.07, 6.45) is 9.28. The Kier molecular flexibility index (Phi) is 4.29. The van der Waals surface area contributed by atoms with Gasteiger partial charge < -0.3 is 10.3 Å². The number of hydrogen-bond acceptors (Lipinski definition) is 5. The Bertz CT molecular complexity index is 595. The van der Waals surface area contributed by atoms with E-state index >= 15 is 0 Å². The Morgan fingerprint density at radius 1 is 1.33 bits per heavy atom. The monoisotopic (exact) mass is 286 g/mol. The summed E-state index contributed by atoms with van der Waals surface area (Å²) in [5.41, 5.74) is 8.06. The molecule has 0 bridgehead atoms. The summed E-state index contributed by atoms with van der Waals surface area (Å²) in [5.74, 6) is 2.21.